The van der Waals surface area contributed by atoms with E-state index in [1.807, 2.05) is 0 Å². The van der Waals surface area contributed by atoms with Crippen LogP contribution in [0.1, 0.15) is 6.92 Å². The van der Waals surface area contributed by atoms with Gasteiger partial charge in [0.25, 0.3) is 0 Å². The maximum absolute atomic E-state index is 11.8. The van der Waals surface area contributed by atoms with Gasteiger partial charge in [0.15, 0.2) is 9.84 Å². The molecule has 5 nitrogen and oxygen atoms in total. The van der Waals surface area contributed by atoms with E-state index in [-0.39, 0.29) is 34.5 Å². The molecule has 17 heavy (non-hydrogen) atoms. The molecule has 0 radical (unpaired) electrons. The summed E-state index contributed by atoms with van der Waals surface area (Å²) in [5.41, 5.74) is 0. The van der Waals surface area contributed by atoms with Gasteiger partial charge < -0.3 is 4.55 Å². The fourth-order valence-corrected chi connectivity index (χ4v) is 4.01. The summed E-state index contributed by atoms with van der Waals surface area (Å²) in [4.78, 5) is 0.0196. The number of hydrogen-bond donors (Lipinski definition) is 0. The minimum Gasteiger partial charge on any atom is -0.748 e. The molecule has 1 unspecified atom stereocenters. The summed E-state index contributed by atoms with van der Waals surface area (Å²) in [7, 11) is -8.30. The number of hydrogen-bond acceptors (Lipinski definition) is 5. The van der Waals surface area contributed by atoms with Crippen molar-refractivity contribution in [2.45, 2.75) is 17.1 Å². The van der Waals surface area contributed by atoms with Gasteiger partial charge in [-0.15, -0.1) is 0 Å². The molecule has 1 rings (SSSR count). The van der Waals surface area contributed by atoms with Gasteiger partial charge in [0, 0.05) is 0 Å². The minimum absolute atomic E-state index is 0. The molecule has 0 saturated heterocycles. The molecule has 1 aromatic carbocycles. The second-order valence-electron chi connectivity index (χ2n) is 3.39. The van der Waals surface area contributed by atoms with Crippen LogP contribution in [0.4, 0.5) is 0 Å². The van der Waals surface area contributed by atoms with E-state index < -0.39 is 31.0 Å². The Kier molecular flexibility index (Phi) is 6.34. The Balaban J connectivity index is 0.00000256. The summed E-state index contributed by atoms with van der Waals surface area (Å²) in [5.74, 6) is -0.912. The van der Waals surface area contributed by atoms with Crippen LogP contribution in [0.2, 0.25) is 0 Å². The average molecular weight is 286 g/mol. The molecule has 0 fully saturated rings. The maximum Gasteiger partial charge on any atom is 1.00 e. The standard InChI is InChI=1S/C9H12O5S2.Na/c1-8(7-15(10,11)12)16(13,14)9-5-3-2-4-6-9;/h2-6,8H,7H2,1H3,(H,10,11,12);/q;+1/p-1. The number of sulfone groups is 1. The van der Waals surface area contributed by atoms with E-state index in [0.29, 0.717) is 0 Å². The zero-order valence-corrected chi connectivity index (χ0v) is 13.2. The Morgan fingerprint density at radius 3 is 2.00 bits per heavy atom. The van der Waals surface area contributed by atoms with Crippen LogP contribution >= 0.6 is 0 Å². The van der Waals surface area contributed by atoms with Crippen LogP contribution in [-0.2, 0) is 20.0 Å². The maximum atomic E-state index is 11.8. The van der Waals surface area contributed by atoms with Crippen LogP contribution < -0.4 is 29.6 Å². The van der Waals surface area contributed by atoms with Crippen molar-refractivity contribution in [1.82, 2.24) is 0 Å². The minimum atomic E-state index is -4.54. The molecule has 0 aliphatic carbocycles. The predicted octanol–water partition coefficient (Wildman–Crippen LogP) is -2.60. The summed E-state index contributed by atoms with van der Waals surface area (Å²) in [6.07, 6.45) is 0. The molecule has 0 saturated carbocycles. The number of rotatable bonds is 4. The zero-order chi connectivity index (χ0) is 12.4. The second kappa shape index (κ2) is 6.31. The first-order valence-corrected chi connectivity index (χ1v) is 7.58. The Labute approximate surface area is 123 Å². The molecular weight excluding hydrogens is 275 g/mol. The van der Waals surface area contributed by atoms with Gasteiger partial charge in [-0.1, -0.05) is 18.2 Å². The Hall–Kier alpha value is 0.0800. The van der Waals surface area contributed by atoms with Crippen molar-refractivity contribution in [3.8, 4) is 0 Å². The van der Waals surface area contributed by atoms with Gasteiger partial charge in [0.2, 0.25) is 0 Å². The van der Waals surface area contributed by atoms with Gasteiger partial charge in [0.05, 0.1) is 26.0 Å². The van der Waals surface area contributed by atoms with Crippen LogP contribution in [0.3, 0.4) is 0 Å². The monoisotopic (exact) mass is 286 g/mol. The zero-order valence-electron chi connectivity index (χ0n) is 9.53. The molecule has 0 amide bonds. The van der Waals surface area contributed by atoms with Gasteiger partial charge in [-0.2, -0.15) is 0 Å². The fraction of sp³-hybridized carbons (Fsp3) is 0.333. The first kappa shape index (κ1) is 17.1. The van der Waals surface area contributed by atoms with E-state index >= 15 is 0 Å². The summed E-state index contributed by atoms with van der Waals surface area (Å²) in [6, 6.07) is 7.44. The van der Waals surface area contributed by atoms with Gasteiger partial charge >= 0.3 is 29.6 Å². The van der Waals surface area contributed by atoms with Crippen molar-refractivity contribution < 1.29 is 50.9 Å². The van der Waals surface area contributed by atoms with Crippen LogP contribution in [0.15, 0.2) is 35.2 Å². The molecule has 1 aromatic rings. The van der Waals surface area contributed by atoms with Gasteiger partial charge in [-0.3, -0.25) is 0 Å². The van der Waals surface area contributed by atoms with Crippen molar-refractivity contribution in [2.24, 2.45) is 0 Å². The molecular formula is C9H11NaO5S2. The topological polar surface area (TPSA) is 91.3 Å². The van der Waals surface area contributed by atoms with E-state index in [1.165, 1.54) is 31.2 Å². The SMILES string of the molecule is CC(CS(=O)(=O)[O-])S(=O)(=O)c1ccccc1.[Na+]. The van der Waals surface area contributed by atoms with Crippen molar-refractivity contribution in [3.05, 3.63) is 30.3 Å². The fourth-order valence-electron chi connectivity index (χ4n) is 1.22. The third kappa shape index (κ3) is 5.07. The van der Waals surface area contributed by atoms with Crippen LogP contribution in [0, 0.1) is 0 Å². The molecule has 0 N–H and O–H groups in total. The van der Waals surface area contributed by atoms with E-state index in [1.54, 1.807) is 6.07 Å². The predicted molar refractivity (Wildman–Crippen MR) is 57.7 cm³/mol. The molecule has 0 aliphatic rings. The van der Waals surface area contributed by atoms with E-state index in [9.17, 15) is 21.4 Å². The van der Waals surface area contributed by atoms with Crippen molar-refractivity contribution >= 4 is 20.0 Å². The van der Waals surface area contributed by atoms with Crippen LogP contribution in [0.5, 0.6) is 0 Å². The molecule has 0 aromatic heterocycles. The molecule has 0 aliphatic heterocycles. The van der Waals surface area contributed by atoms with Crippen molar-refractivity contribution in [3.63, 3.8) is 0 Å². The third-order valence-electron chi connectivity index (χ3n) is 2.04. The van der Waals surface area contributed by atoms with Crippen molar-refractivity contribution in [1.29, 1.82) is 0 Å². The van der Waals surface area contributed by atoms with Gasteiger partial charge in [-0.05, 0) is 19.1 Å². The first-order valence-electron chi connectivity index (χ1n) is 4.46. The first-order chi connectivity index (χ1) is 7.23. The summed E-state index contributed by atoms with van der Waals surface area (Å²) >= 11 is 0. The summed E-state index contributed by atoms with van der Waals surface area (Å²) in [6.45, 7) is 1.21. The molecule has 0 bridgehead atoms. The Bertz CT molecular complexity index is 550. The number of benzene rings is 1. The Morgan fingerprint density at radius 1 is 1.12 bits per heavy atom. The van der Waals surface area contributed by atoms with E-state index in [0.717, 1.165) is 0 Å². The van der Waals surface area contributed by atoms with E-state index in [4.69, 9.17) is 0 Å². The summed E-state index contributed by atoms with van der Waals surface area (Å²) in [5, 5.41) is -1.24. The normalized spacial score (nSPS) is 13.8. The molecule has 0 heterocycles. The molecule has 8 heteroatoms. The van der Waals surface area contributed by atoms with E-state index in [2.05, 4.69) is 0 Å². The third-order valence-corrected chi connectivity index (χ3v) is 5.31. The quantitative estimate of drug-likeness (QED) is 0.447. The Morgan fingerprint density at radius 2 is 1.59 bits per heavy atom. The smallest absolute Gasteiger partial charge is 0.748 e. The second-order valence-corrected chi connectivity index (χ2v) is 7.21. The average Bonchev–Trinajstić information content (AvgIpc) is 2.16. The van der Waals surface area contributed by atoms with Crippen molar-refractivity contribution in [2.75, 3.05) is 5.75 Å². The van der Waals surface area contributed by atoms with Gasteiger partial charge in [0.1, 0.15) is 0 Å². The van der Waals surface area contributed by atoms with Crippen LogP contribution in [0.25, 0.3) is 0 Å². The molecule has 1 atom stereocenters. The molecule has 0 spiro atoms. The van der Waals surface area contributed by atoms with Gasteiger partial charge in [-0.25, -0.2) is 16.8 Å². The van der Waals surface area contributed by atoms with Crippen LogP contribution in [-0.4, -0.2) is 32.4 Å². The largest absolute Gasteiger partial charge is 1.00 e. The summed E-state index contributed by atoms with van der Waals surface area (Å²) < 4.78 is 55.1. The molecule has 90 valence electrons.